The van der Waals surface area contributed by atoms with Crippen LogP contribution in [-0.2, 0) is 15.0 Å². The van der Waals surface area contributed by atoms with E-state index in [0.29, 0.717) is 25.4 Å². The standard InChI is InChI=1S/C23H30BrNO3/c1-6-10-28-25-19-13-20-22(4,8-7-9-23(20,5)21(26)27)17-12-18(24)15(14(2)3)11-16(17)19/h6,11-12,14,20H,1,7-10,13H2,2-5H3,(H,26,27)/b25-19+/t20-,22-,23-/m1/s1. The molecule has 0 spiro atoms. The van der Waals surface area contributed by atoms with Crippen molar-refractivity contribution in [3.63, 3.8) is 0 Å². The second-order valence-electron chi connectivity index (χ2n) is 8.95. The highest BCUT2D eigenvalue weighted by Gasteiger charge is 2.56. The number of nitrogens with zero attached hydrogens (tertiary/aromatic N) is 1. The molecule has 28 heavy (non-hydrogen) atoms. The minimum atomic E-state index is -0.771. The van der Waals surface area contributed by atoms with Crippen molar-refractivity contribution in [3.05, 3.63) is 46.0 Å². The average molecular weight is 448 g/mol. The highest BCUT2D eigenvalue weighted by atomic mass is 79.9. The van der Waals surface area contributed by atoms with E-state index in [1.807, 2.05) is 6.92 Å². The van der Waals surface area contributed by atoms with Gasteiger partial charge in [0, 0.05) is 10.0 Å². The Bertz CT molecular complexity index is 831. The first-order valence-electron chi connectivity index (χ1n) is 10.0. The monoisotopic (exact) mass is 447 g/mol. The predicted octanol–water partition coefficient (Wildman–Crippen LogP) is 6.03. The summed E-state index contributed by atoms with van der Waals surface area (Å²) >= 11 is 3.76. The summed E-state index contributed by atoms with van der Waals surface area (Å²) in [5.74, 6) is -0.367. The highest BCUT2D eigenvalue weighted by Crippen LogP contribution is 2.58. The molecule has 152 valence electrons. The molecule has 0 radical (unpaired) electrons. The van der Waals surface area contributed by atoms with E-state index in [9.17, 15) is 9.90 Å². The van der Waals surface area contributed by atoms with Crippen LogP contribution < -0.4 is 0 Å². The number of hydrogen-bond acceptors (Lipinski definition) is 3. The molecule has 0 unspecified atom stereocenters. The molecule has 2 aliphatic carbocycles. The van der Waals surface area contributed by atoms with Crippen LogP contribution in [0.2, 0.25) is 0 Å². The molecule has 0 aromatic heterocycles. The van der Waals surface area contributed by atoms with Gasteiger partial charge in [-0.15, -0.1) is 0 Å². The SMILES string of the molecule is C=CCO/N=C1\C[C@H]2[C@](C)(C(=O)O)CCC[C@]2(C)c2cc(Br)c(C(C)C)cc21. The normalized spacial score (nSPS) is 30.6. The third-order valence-corrected chi connectivity index (χ3v) is 7.56. The highest BCUT2D eigenvalue weighted by molar-refractivity contribution is 9.10. The first-order chi connectivity index (χ1) is 13.1. The smallest absolute Gasteiger partial charge is 0.309 e. The summed E-state index contributed by atoms with van der Waals surface area (Å²) in [6.07, 6.45) is 4.88. The molecule has 0 bridgehead atoms. The van der Waals surface area contributed by atoms with E-state index in [4.69, 9.17) is 4.84 Å². The molecule has 4 nitrogen and oxygen atoms in total. The zero-order chi connectivity index (χ0) is 20.7. The molecule has 0 saturated heterocycles. The number of fused-ring (bicyclic) bond motifs is 3. The van der Waals surface area contributed by atoms with Gasteiger partial charge >= 0.3 is 5.97 Å². The Kier molecular flexibility index (Phi) is 5.77. The lowest BCUT2D eigenvalue weighted by Crippen LogP contribution is -2.53. The number of hydrogen-bond donors (Lipinski definition) is 1. The summed E-state index contributed by atoms with van der Waals surface area (Å²) in [6, 6.07) is 4.42. The summed E-state index contributed by atoms with van der Waals surface area (Å²) in [5, 5.41) is 14.5. The number of carboxylic acids is 1. The number of carboxylic acid groups (broad SMARTS) is 1. The zero-order valence-corrected chi connectivity index (χ0v) is 18.8. The van der Waals surface area contributed by atoms with Crippen LogP contribution in [0.3, 0.4) is 0 Å². The lowest BCUT2D eigenvalue weighted by atomic mass is 9.49. The Morgan fingerprint density at radius 2 is 2.14 bits per heavy atom. The topological polar surface area (TPSA) is 58.9 Å². The molecule has 0 amide bonds. The zero-order valence-electron chi connectivity index (χ0n) is 17.2. The Balaban J connectivity index is 2.22. The Morgan fingerprint density at radius 1 is 1.43 bits per heavy atom. The molecule has 1 aromatic carbocycles. The average Bonchev–Trinajstić information content (AvgIpc) is 2.62. The van der Waals surface area contributed by atoms with Crippen LogP contribution in [0.5, 0.6) is 0 Å². The van der Waals surface area contributed by atoms with Gasteiger partial charge in [0.05, 0.1) is 11.1 Å². The summed E-state index contributed by atoms with van der Waals surface area (Å²) < 4.78 is 1.08. The van der Waals surface area contributed by atoms with Gasteiger partial charge in [0.25, 0.3) is 0 Å². The second kappa shape index (κ2) is 7.66. The Labute approximate surface area is 176 Å². The predicted molar refractivity (Wildman–Crippen MR) is 116 cm³/mol. The second-order valence-corrected chi connectivity index (χ2v) is 9.80. The summed E-state index contributed by atoms with van der Waals surface area (Å²) in [7, 11) is 0. The van der Waals surface area contributed by atoms with E-state index < -0.39 is 11.4 Å². The van der Waals surface area contributed by atoms with Gasteiger partial charge in [-0.1, -0.05) is 60.9 Å². The summed E-state index contributed by atoms with van der Waals surface area (Å²) in [6.45, 7) is 12.5. The maximum absolute atomic E-state index is 12.3. The third kappa shape index (κ3) is 3.32. The molecule has 1 fully saturated rings. The van der Waals surface area contributed by atoms with E-state index in [2.05, 4.69) is 60.6 Å². The quantitative estimate of drug-likeness (QED) is 0.340. The van der Waals surface area contributed by atoms with Crippen LogP contribution in [0, 0.1) is 11.3 Å². The van der Waals surface area contributed by atoms with Crippen molar-refractivity contribution in [2.45, 2.75) is 64.7 Å². The van der Waals surface area contributed by atoms with Crippen LogP contribution in [0.4, 0.5) is 0 Å². The molecule has 1 aromatic rings. The largest absolute Gasteiger partial charge is 0.481 e. The molecule has 5 heteroatoms. The van der Waals surface area contributed by atoms with Crippen LogP contribution in [0.25, 0.3) is 0 Å². The molecular formula is C23H30BrNO3. The van der Waals surface area contributed by atoms with E-state index in [1.54, 1.807) is 6.08 Å². The maximum atomic E-state index is 12.3. The van der Waals surface area contributed by atoms with Crippen LogP contribution in [0.15, 0.2) is 34.4 Å². The van der Waals surface area contributed by atoms with Crippen molar-refractivity contribution in [2.24, 2.45) is 16.5 Å². The van der Waals surface area contributed by atoms with E-state index >= 15 is 0 Å². The number of rotatable bonds is 5. The van der Waals surface area contributed by atoms with Crippen LogP contribution in [0.1, 0.15) is 76.0 Å². The lowest BCUT2D eigenvalue weighted by Gasteiger charge is -2.53. The van der Waals surface area contributed by atoms with Crippen molar-refractivity contribution in [1.29, 1.82) is 0 Å². The van der Waals surface area contributed by atoms with Gasteiger partial charge in [-0.25, -0.2) is 0 Å². The molecule has 3 atom stereocenters. The van der Waals surface area contributed by atoms with Gasteiger partial charge in [0.15, 0.2) is 0 Å². The number of oxime groups is 1. The third-order valence-electron chi connectivity index (χ3n) is 6.87. The fourth-order valence-corrected chi connectivity index (χ4v) is 6.01. The summed E-state index contributed by atoms with van der Waals surface area (Å²) in [4.78, 5) is 17.7. The van der Waals surface area contributed by atoms with E-state index in [1.165, 1.54) is 11.1 Å². The number of aliphatic carboxylic acids is 1. The van der Waals surface area contributed by atoms with Gasteiger partial charge < -0.3 is 9.94 Å². The molecule has 1 N–H and O–H groups in total. The van der Waals surface area contributed by atoms with Gasteiger partial charge in [0.2, 0.25) is 0 Å². The first-order valence-corrected chi connectivity index (χ1v) is 10.8. The molecule has 0 heterocycles. The minimum absolute atomic E-state index is 0.0263. The Morgan fingerprint density at radius 3 is 2.75 bits per heavy atom. The summed E-state index contributed by atoms with van der Waals surface area (Å²) in [5.41, 5.74) is 3.40. The fraction of sp³-hybridized carbons (Fsp3) is 0.565. The van der Waals surface area contributed by atoms with Crippen LogP contribution in [-0.4, -0.2) is 23.4 Å². The molecule has 3 rings (SSSR count). The van der Waals surface area contributed by atoms with Crippen molar-refractivity contribution < 1.29 is 14.7 Å². The van der Waals surface area contributed by atoms with Gasteiger partial charge in [0.1, 0.15) is 6.61 Å². The molecule has 2 aliphatic rings. The first kappa shape index (κ1) is 21.1. The van der Waals surface area contributed by atoms with E-state index in [-0.39, 0.29) is 11.3 Å². The number of carbonyl (C=O) groups is 1. The van der Waals surface area contributed by atoms with Crippen molar-refractivity contribution in [3.8, 4) is 0 Å². The lowest BCUT2D eigenvalue weighted by molar-refractivity contribution is -0.156. The molecular weight excluding hydrogens is 418 g/mol. The van der Waals surface area contributed by atoms with Crippen LogP contribution >= 0.6 is 15.9 Å². The number of benzene rings is 1. The fourth-order valence-electron chi connectivity index (χ4n) is 5.20. The van der Waals surface area contributed by atoms with Crippen molar-refractivity contribution >= 4 is 27.6 Å². The molecule has 1 saturated carbocycles. The van der Waals surface area contributed by atoms with Crippen molar-refractivity contribution in [2.75, 3.05) is 6.61 Å². The maximum Gasteiger partial charge on any atom is 0.309 e. The minimum Gasteiger partial charge on any atom is -0.481 e. The van der Waals surface area contributed by atoms with Gasteiger partial charge in [-0.2, -0.15) is 0 Å². The Hall–Kier alpha value is -1.62. The number of halogens is 1. The van der Waals surface area contributed by atoms with E-state index in [0.717, 1.165) is 28.6 Å². The van der Waals surface area contributed by atoms with Gasteiger partial charge in [-0.3, -0.25) is 4.79 Å². The van der Waals surface area contributed by atoms with Gasteiger partial charge in [-0.05, 0) is 66.7 Å². The van der Waals surface area contributed by atoms with Crippen molar-refractivity contribution in [1.82, 2.24) is 0 Å². The molecule has 0 aliphatic heterocycles.